The maximum absolute atomic E-state index is 13.6. The highest BCUT2D eigenvalue weighted by Crippen LogP contribution is 2.31. The Bertz CT molecular complexity index is 488. The zero-order valence-electron chi connectivity index (χ0n) is 11.7. The lowest BCUT2D eigenvalue weighted by Gasteiger charge is -2.35. The van der Waals surface area contributed by atoms with Gasteiger partial charge >= 0.3 is 0 Å². The summed E-state index contributed by atoms with van der Waals surface area (Å²) in [6, 6.07) is 3.09. The lowest BCUT2D eigenvalue weighted by Crippen LogP contribution is -2.47. The summed E-state index contributed by atoms with van der Waals surface area (Å²) in [4.78, 5) is 12.4. The van der Waals surface area contributed by atoms with Crippen LogP contribution >= 0.6 is 12.4 Å². The van der Waals surface area contributed by atoms with E-state index in [1.165, 1.54) is 13.2 Å². The van der Waals surface area contributed by atoms with Crippen molar-refractivity contribution in [2.24, 2.45) is 5.41 Å². The maximum atomic E-state index is 13.6. The molecule has 0 aliphatic carbocycles. The van der Waals surface area contributed by atoms with Crippen LogP contribution in [0.25, 0.3) is 0 Å². The molecule has 1 fully saturated rings. The maximum Gasteiger partial charge on any atom is 0.233 e. The molecule has 1 saturated heterocycles. The van der Waals surface area contributed by atoms with Gasteiger partial charge in [-0.05, 0) is 38.1 Å². The standard InChI is InChI=1S/C14H18F2N2O2.ClH/c1-20-9-14(4-6-17-7-5-14)13(19)18-12-3-2-10(15)8-11(12)16;/h2-3,8,17H,4-7,9H2,1H3,(H,18,19);1H. The zero-order valence-corrected chi connectivity index (χ0v) is 12.6. The first-order valence-corrected chi connectivity index (χ1v) is 6.53. The Morgan fingerprint density at radius 3 is 2.62 bits per heavy atom. The Balaban J connectivity index is 0.00000220. The lowest BCUT2D eigenvalue weighted by atomic mass is 9.78. The molecule has 0 unspecified atom stereocenters. The normalized spacial score (nSPS) is 16.9. The van der Waals surface area contributed by atoms with Crippen LogP contribution in [0.3, 0.4) is 0 Å². The number of nitrogens with one attached hydrogen (secondary N) is 2. The third-order valence-corrected chi connectivity index (χ3v) is 3.64. The first-order valence-electron chi connectivity index (χ1n) is 6.53. The largest absolute Gasteiger partial charge is 0.384 e. The van der Waals surface area contributed by atoms with E-state index in [4.69, 9.17) is 4.74 Å². The van der Waals surface area contributed by atoms with Crippen molar-refractivity contribution in [3.63, 3.8) is 0 Å². The molecule has 118 valence electrons. The first-order chi connectivity index (χ1) is 9.57. The van der Waals surface area contributed by atoms with Crippen LogP contribution in [-0.2, 0) is 9.53 Å². The number of rotatable bonds is 4. The van der Waals surface area contributed by atoms with Gasteiger partial charge in [0.1, 0.15) is 11.6 Å². The third-order valence-electron chi connectivity index (χ3n) is 3.64. The molecular formula is C14H19ClF2N2O2. The number of piperidine rings is 1. The van der Waals surface area contributed by atoms with Gasteiger partial charge in [-0.1, -0.05) is 0 Å². The topological polar surface area (TPSA) is 50.4 Å². The Kier molecular flexibility index (Phi) is 6.51. The van der Waals surface area contributed by atoms with Crippen LogP contribution in [0.4, 0.5) is 14.5 Å². The Morgan fingerprint density at radius 1 is 1.38 bits per heavy atom. The van der Waals surface area contributed by atoms with Crippen molar-refractivity contribution >= 4 is 24.0 Å². The van der Waals surface area contributed by atoms with Gasteiger partial charge in [-0.25, -0.2) is 8.78 Å². The number of halogens is 3. The van der Waals surface area contributed by atoms with Crippen LogP contribution in [0.2, 0.25) is 0 Å². The molecule has 0 radical (unpaired) electrons. The van der Waals surface area contributed by atoms with Crippen molar-refractivity contribution < 1.29 is 18.3 Å². The van der Waals surface area contributed by atoms with Gasteiger partial charge in [0.2, 0.25) is 5.91 Å². The van der Waals surface area contributed by atoms with E-state index in [0.29, 0.717) is 25.9 Å². The van der Waals surface area contributed by atoms with Crippen LogP contribution in [-0.4, -0.2) is 32.7 Å². The van der Waals surface area contributed by atoms with Crippen LogP contribution in [0.15, 0.2) is 18.2 Å². The van der Waals surface area contributed by atoms with Gasteiger partial charge in [0.15, 0.2) is 0 Å². The van der Waals surface area contributed by atoms with Crippen LogP contribution in [0.5, 0.6) is 0 Å². The zero-order chi connectivity index (χ0) is 14.6. The SMILES string of the molecule is COCC1(C(=O)Nc2ccc(F)cc2F)CCNCC1.Cl. The summed E-state index contributed by atoms with van der Waals surface area (Å²) in [5.41, 5.74) is -0.675. The fourth-order valence-electron chi connectivity index (χ4n) is 2.46. The number of hydrogen-bond donors (Lipinski definition) is 2. The molecule has 1 aromatic carbocycles. The molecule has 1 aliphatic rings. The fraction of sp³-hybridized carbons (Fsp3) is 0.500. The van der Waals surface area contributed by atoms with Gasteiger partial charge in [-0.2, -0.15) is 0 Å². The van der Waals surface area contributed by atoms with E-state index in [0.717, 1.165) is 12.1 Å². The molecule has 0 spiro atoms. The quantitative estimate of drug-likeness (QED) is 0.895. The highest BCUT2D eigenvalue weighted by atomic mass is 35.5. The van der Waals surface area contributed by atoms with Crippen molar-refractivity contribution in [2.45, 2.75) is 12.8 Å². The number of carbonyl (C=O) groups is 1. The van der Waals surface area contributed by atoms with Gasteiger partial charge in [0.05, 0.1) is 17.7 Å². The number of carbonyl (C=O) groups excluding carboxylic acids is 1. The highest BCUT2D eigenvalue weighted by molar-refractivity contribution is 5.95. The number of amides is 1. The van der Waals surface area contributed by atoms with E-state index in [-0.39, 0.29) is 30.6 Å². The molecule has 1 heterocycles. The van der Waals surface area contributed by atoms with Crippen molar-refractivity contribution in [2.75, 3.05) is 32.1 Å². The number of methoxy groups -OCH3 is 1. The van der Waals surface area contributed by atoms with Gasteiger partial charge in [-0.15, -0.1) is 12.4 Å². The molecule has 0 atom stereocenters. The number of hydrogen-bond acceptors (Lipinski definition) is 3. The summed E-state index contributed by atoms with van der Waals surface area (Å²) >= 11 is 0. The molecule has 4 nitrogen and oxygen atoms in total. The number of benzene rings is 1. The summed E-state index contributed by atoms with van der Waals surface area (Å²) < 4.78 is 31.6. The van der Waals surface area contributed by atoms with E-state index in [1.807, 2.05) is 0 Å². The van der Waals surface area contributed by atoms with Crippen molar-refractivity contribution in [3.8, 4) is 0 Å². The highest BCUT2D eigenvalue weighted by Gasteiger charge is 2.39. The summed E-state index contributed by atoms with van der Waals surface area (Å²) in [7, 11) is 1.54. The predicted octanol–water partition coefficient (Wildman–Crippen LogP) is 2.34. The molecule has 1 amide bonds. The Morgan fingerprint density at radius 2 is 2.05 bits per heavy atom. The number of anilines is 1. The minimum atomic E-state index is -0.778. The Labute approximate surface area is 128 Å². The average molecular weight is 321 g/mol. The summed E-state index contributed by atoms with van der Waals surface area (Å²) in [5, 5.41) is 5.72. The second-order valence-electron chi connectivity index (χ2n) is 5.04. The van der Waals surface area contributed by atoms with E-state index in [9.17, 15) is 13.6 Å². The van der Waals surface area contributed by atoms with Gasteiger partial charge in [-0.3, -0.25) is 4.79 Å². The second kappa shape index (κ2) is 7.68. The van der Waals surface area contributed by atoms with E-state index >= 15 is 0 Å². The molecule has 7 heteroatoms. The monoisotopic (exact) mass is 320 g/mol. The van der Waals surface area contributed by atoms with Gasteiger partial charge < -0.3 is 15.4 Å². The molecule has 0 aromatic heterocycles. The predicted molar refractivity (Wildman–Crippen MR) is 78.6 cm³/mol. The summed E-state index contributed by atoms with van der Waals surface area (Å²) in [5.74, 6) is -1.74. The first kappa shape index (κ1) is 17.8. The van der Waals surface area contributed by atoms with Crippen LogP contribution < -0.4 is 10.6 Å². The molecule has 2 rings (SSSR count). The van der Waals surface area contributed by atoms with Crippen LogP contribution in [0.1, 0.15) is 12.8 Å². The third kappa shape index (κ3) is 4.12. The minimum absolute atomic E-state index is 0. The van der Waals surface area contributed by atoms with Crippen molar-refractivity contribution in [3.05, 3.63) is 29.8 Å². The minimum Gasteiger partial charge on any atom is -0.384 e. The van der Waals surface area contributed by atoms with Crippen LogP contribution in [0, 0.1) is 17.0 Å². The molecule has 1 aromatic rings. The molecule has 2 N–H and O–H groups in total. The molecule has 0 saturated carbocycles. The van der Waals surface area contributed by atoms with Gasteiger partial charge in [0, 0.05) is 13.2 Å². The van der Waals surface area contributed by atoms with Crippen molar-refractivity contribution in [1.82, 2.24) is 5.32 Å². The lowest BCUT2D eigenvalue weighted by molar-refractivity contribution is -0.130. The molecule has 21 heavy (non-hydrogen) atoms. The van der Waals surface area contributed by atoms with E-state index in [2.05, 4.69) is 10.6 Å². The molecule has 1 aliphatic heterocycles. The van der Waals surface area contributed by atoms with E-state index < -0.39 is 17.0 Å². The average Bonchev–Trinajstić information content (AvgIpc) is 2.43. The smallest absolute Gasteiger partial charge is 0.233 e. The van der Waals surface area contributed by atoms with Gasteiger partial charge in [0.25, 0.3) is 0 Å². The molecule has 0 bridgehead atoms. The van der Waals surface area contributed by atoms with Crippen molar-refractivity contribution in [1.29, 1.82) is 0 Å². The molecular weight excluding hydrogens is 302 g/mol. The Hall–Kier alpha value is -1.24. The summed E-state index contributed by atoms with van der Waals surface area (Å²) in [6.07, 6.45) is 1.24. The summed E-state index contributed by atoms with van der Waals surface area (Å²) in [6.45, 7) is 1.70. The van der Waals surface area contributed by atoms with E-state index in [1.54, 1.807) is 0 Å². The number of ether oxygens (including phenoxy) is 1. The second-order valence-corrected chi connectivity index (χ2v) is 5.04. The fourth-order valence-corrected chi connectivity index (χ4v) is 2.46.